The molecule has 1 atom stereocenters. The summed E-state index contributed by atoms with van der Waals surface area (Å²) in [4.78, 5) is 47.4. The zero-order valence-corrected chi connectivity index (χ0v) is 17.3. The number of benzene rings is 1. The average molecular weight is 409 g/mol. The van der Waals surface area contributed by atoms with Gasteiger partial charge in [0.1, 0.15) is 5.82 Å². The number of aromatic nitrogens is 2. The van der Waals surface area contributed by atoms with Crippen LogP contribution in [0.1, 0.15) is 62.5 Å². The number of amides is 2. The second-order valence-electron chi connectivity index (χ2n) is 8.27. The van der Waals surface area contributed by atoms with E-state index in [1.54, 1.807) is 0 Å². The minimum Gasteiger partial charge on any atom is -0.342 e. The number of nitrogens with zero attached hydrogens (tertiary/aromatic N) is 2. The Morgan fingerprint density at radius 1 is 1.13 bits per heavy atom. The Balaban J connectivity index is 1.60. The summed E-state index contributed by atoms with van der Waals surface area (Å²) < 4.78 is 0. The van der Waals surface area contributed by atoms with Gasteiger partial charge in [0.15, 0.2) is 0 Å². The van der Waals surface area contributed by atoms with Crippen LogP contribution < -0.4 is 21.1 Å². The fraction of sp³-hybridized carbons (Fsp3) is 0.455. The first kappa shape index (κ1) is 20.1. The Bertz CT molecular complexity index is 1010. The second kappa shape index (κ2) is 8.30. The van der Waals surface area contributed by atoms with E-state index < -0.39 is 5.92 Å². The van der Waals surface area contributed by atoms with Crippen LogP contribution >= 0.6 is 0 Å². The molecule has 1 aromatic heterocycles. The predicted molar refractivity (Wildman–Crippen MR) is 116 cm³/mol. The monoisotopic (exact) mass is 409 g/mol. The Kier molecular flexibility index (Phi) is 5.57. The summed E-state index contributed by atoms with van der Waals surface area (Å²) in [7, 11) is 0. The standard InChI is InChI=1S/C22H27N5O3/c1-13(2)14-6-8-15(9-7-14)23-20(29)16-12-17(28)24-19-18(16)21(30)26-22(25-19)27-10-4-3-5-11-27/h6-9,13,16H,3-5,10-12H2,1-2H3,(H,23,29)(H2,24,25,26,28,30). The van der Waals surface area contributed by atoms with Crippen molar-refractivity contribution in [3.8, 4) is 0 Å². The van der Waals surface area contributed by atoms with Gasteiger partial charge >= 0.3 is 0 Å². The van der Waals surface area contributed by atoms with Gasteiger partial charge in [-0.15, -0.1) is 0 Å². The molecule has 2 aliphatic rings. The molecule has 1 saturated heterocycles. The molecule has 3 N–H and O–H groups in total. The van der Waals surface area contributed by atoms with E-state index in [9.17, 15) is 14.4 Å². The van der Waals surface area contributed by atoms with Crippen molar-refractivity contribution in [1.29, 1.82) is 0 Å². The molecule has 1 aromatic carbocycles. The first-order valence-electron chi connectivity index (χ1n) is 10.5. The highest BCUT2D eigenvalue weighted by Gasteiger charge is 2.35. The number of nitrogens with one attached hydrogen (secondary N) is 3. The van der Waals surface area contributed by atoms with Gasteiger partial charge < -0.3 is 15.5 Å². The molecule has 2 aliphatic heterocycles. The van der Waals surface area contributed by atoms with Crippen LogP contribution in [0.2, 0.25) is 0 Å². The maximum Gasteiger partial charge on any atom is 0.258 e. The number of hydrogen-bond acceptors (Lipinski definition) is 5. The summed E-state index contributed by atoms with van der Waals surface area (Å²) in [6, 6.07) is 7.58. The third-order valence-electron chi connectivity index (χ3n) is 5.76. The van der Waals surface area contributed by atoms with E-state index >= 15 is 0 Å². The predicted octanol–water partition coefficient (Wildman–Crippen LogP) is 2.95. The molecule has 0 aliphatic carbocycles. The van der Waals surface area contributed by atoms with Gasteiger partial charge in [0.05, 0.1) is 11.5 Å². The Labute approximate surface area is 175 Å². The molecule has 8 nitrogen and oxygen atoms in total. The number of piperidine rings is 1. The third kappa shape index (κ3) is 4.08. The molecule has 3 heterocycles. The van der Waals surface area contributed by atoms with E-state index in [2.05, 4.69) is 34.4 Å². The molecule has 0 bridgehead atoms. The smallest absolute Gasteiger partial charge is 0.258 e. The number of carbonyl (C=O) groups is 2. The van der Waals surface area contributed by atoms with Crippen LogP contribution in [0.3, 0.4) is 0 Å². The first-order chi connectivity index (χ1) is 14.4. The van der Waals surface area contributed by atoms with Crippen LogP contribution in [-0.4, -0.2) is 34.9 Å². The number of H-pyrrole nitrogens is 1. The van der Waals surface area contributed by atoms with Crippen LogP contribution in [-0.2, 0) is 9.59 Å². The topological polar surface area (TPSA) is 107 Å². The largest absolute Gasteiger partial charge is 0.342 e. The third-order valence-corrected chi connectivity index (χ3v) is 5.76. The van der Waals surface area contributed by atoms with Gasteiger partial charge in [-0.2, -0.15) is 4.98 Å². The van der Waals surface area contributed by atoms with Crippen LogP contribution in [0.25, 0.3) is 0 Å². The molecular formula is C22H27N5O3. The van der Waals surface area contributed by atoms with E-state index in [1.165, 1.54) is 5.56 Å². The number of rotatable bonds is 4. The molecule has 4 rings (SSSR count). The van der Waals surface area contributed by atoms with E-state index in [-0.39, 0.29) is 35.2 Å². The quantitative estimate of drug-likeness (QED) is 0.720. The highest BCUT2D eigenvalue weighted by molar-refractivity contribution is 6.04. The van der Waals surface area contributed by atoms with Gasteiger partial charge in [0.2, 0.25) is 17.8 Å². The lowest BCUT2D eigenvalue weighted by Gasteiger charge is -2.29. The molecule has 0 saturated carbocycles. The number of aromatic amines is 1. The van der Waals surface area contributed by atoms with E-state index in [1.807, 2.05) is 29.2 Å². The van der Waals surface area contributed by atoms with Crippen molar-refractivity contribution in [2.75, 3.05) is 28.6 Å². The van der Waals surface area contributed by atoms with Crippen LogP contribution in [0.15, 0.2) is 29.1 Å². The molecule has 8 heteroatoms. The van der Waals surface area contributed by atoms with Crippen molar-refractivity contribution >= 4 is 29.3 Å². The highest BCUT2D eigenvalue weighted by atomic mass is 16.2. The summed E-state index contributed by atoms with van der Waals surface area (Å²) in [6.45, 7) is 5.82. The first-order valence-corrected chi connectivity index (χ1v) is 10.5. The molecule has 0 radical (unpaired) electrons. The molecule has 1 fully saturated rings. The van der Waals surface area contributed by atoms with E-state index in [0.717, 1.165) is 32.4 Å². The van der Waals surface area contributed by atoms with Crippen LogP contribution in [0.4, 0.5) is 17.5 Å². The number of fused-ring (bicyclic) bond motifs is 1. The number of anilines is 3. The van der Waals surface area contributed by atoms with Gasteiger partial charge in [-0.3, -0.25) is 19.4 Å². The summed E-state index contributed by atoms with van der Waals surface area (Å²) in [5.41, 5.74) is 1.63. The molecule has 2 amide bonds. The van der Waals surface area contributed by atoms with E-state index in [0.29, 0.717) is 17.6 Å². The number of carbonyl (C=O) groups excluding carboxylic acids is 2. The van der Waals surface area contributed by atoms with Crippen molar-refractivity contribution in [3.63, 3.8) is 0 Å². The molecule has 30 heavy (non-hydrogen) atoms. The van der Waals surface area contributed by atoms with Gasteiger partial charge in [-0.05, 0) is 42.9 Å². The van der Waals surface area contributed by atoms with Gasteiger partial charge in [0, 0.05) is 25.2 Å². The Morgan fingerprint density at radius 2 is 1.83 bits per heavy atom. The maximum atomic E-state index is 13.0. The molecule has 0 spiro atoms. The van der Waals surface area contributed by atoms with Crippen molar-refractivity contribution < 1.29 is 9.59 Å². The zero-order valence-electron chi connectivity index (χ0n) is 17.3. The zero-order chi connectivity index (χ0) is 21.3. The lowest BCUT2D eigenvalue weighted by atomic mass is 9.92. The molecule has 2 aromatic rings. The van der Waals surface area contributed by atoms with Gasteiger partial charge in [0.25, 0.3) is 5.56 Å². The average Bonchev–Trinajstić information content (AvgIpc) is 2.73. The van der Waals surface area contributed by atoms with Crippen molar-refractivity contribution in [1.82, 2.24) is 9.97 Å². The maximum absolute atomic E-state index is 13.0. The van der Waals surface area contributed by atoms with Gasteiger partial charge in [-0.25, -0.2) is 0 Å². The molecule has 1 unspecified atom stereocenters. The minimum atomic E-state index is -0.884. The number of hydrogen-bond donors (Lipinski definition) is 3. The van der Waals surface area contributed by atoms with Crippen LogP contribution in [0, 0.1) is 0 Å². The molecular weight excluding hydrogens is 382 g/mol. The Hall–Kier alpha value is -3.16. The summed E-state index contributed by atoms with van der Waals surface area (Å²) in [5.74, 6) is -0.565. The summed E-state index contributed by atoms with van der Waals surface area (Å²) in [5, 5.41) is 5.51. The fourth-order valence-electron chi connectivity index (χ4n) is 4.02. The summed E-state index contributed by atoms with van der Waals surface area (Å²) >= 11 is 0. The van der Waals surface area contributed by atoms with Crippen LogP contribution in [0.5, 0.6) is 0 Å². The SMILES string of the molecule is CC(C)c1ccc(NC(=O)C2CC(=O)Nc3nc(N4CCCCC4)[nH]c(=O)c32)cc1. The molecule has 158 valence electrons. The second-order valence-corrected chi connectivity index (χ2v) is 8.27. The highest BCUT2D eigenvalue weighted by Crippen LogP contribution is 2.30. The Morgan fingerprint density at radius 3 is 2.50 bits per heavy atom. The van der Waals surface area contributed by atoms with Crippen molar-refractivity contribution in [2.24, 2.45) is 0 Å². The van der Waals surface area contributed by atoms with E-state index in [4.69, 9.17) is 0 Å². The van der Waals surface area contributed by atoms with Gasteiger partial charge in [-0.1, -0.05) is 26.0 Å². The lowest BCUT2D eigenvalue weighted by Crippen LogP contribution is -2.38. The normalized spacial score (nSPS) is 18.7. The minimum absolute atomic E-state index is 0.0866. The fourth-order valence-corrected chi connectivity index (χ4v) is 4.02. The van der Waals surface area contributed by atoms with Crippen molar-refractivity contribution in [3.05, 3.63) is 45.7 Å². The summed E-state index contributed by atoms with van der Waals surface area (Å²) in [6.07, 6.45) is 3.14. The van der Waals surface area contributed by atoms with Crippen molar-refractivity contribution in [2.45, 2.75) is 51.4 Å². The lowest BCUT2D eigenvalue weighted by molar-refractivity contribution is -0.123.